The smallest absolute Gasteiger partial charge is 0.266 e. The van der Waals surface area contributed by atoms with E-state index in [2.05, 4.69) is 48.0 Å². The molecule has 2 heterocycles. The molecule has 1 amide bonds. The van der Waals surface area contributed by atoms with Gasteiger partial charge in [0.25, 0.3) is 5.91 Å². The Labute approximate surface area is 181 Å². The van der Waals surface area contributed by atoms with E-state index in [-0.39, 0.29) is 11.7 Å². The lowest BCUT2D eigenvalue weighted by Crippen LogP contribution is -2.32. The molecule has 0 spiro atoms. The van der Waals surface area contributed by atoms with Gasteiger partial charge >= 0.3 is 0 Å². The minimum absolute atomic E-state index is 0.0295. The predicted molar refractivity (Wildman–Crippen MR) is 124 cm³/mol. The van der Waals surface area contributed by atoms with Crippen molar-refractivity contribution in [1.29, 1.82) is 0 Å². The molecule has 0 saturated carbocycles. The first-order chi connectivity index (χ1) is 14.5. The Balaban J connectivity index is 1.58. The molecule has 4 nitrogen and oxygen atoms in total. The van der Waals surface area contributed by atoms with Crippen LogP contribution in [-0.2, 0) is 4.79 Å². The van der Waals surface area contributed by atoms with E-state index < -0.39 is 0 Å². The summed E-state index contributed by atoms with van der Waals surface area (Å²) in [5, 5.41) is 0.639. The monoisotopic (exact) mass is 423 g/mol. The summed E-state index contributed by atoms with van der Waals surface area (Å²) < 4.78 is 13.2. The highest BCUT2D eigenvalue weighted by atomic mass is 32.2. The number of rotatable bonds is 5. The van der Waals surface area contributed by atoms with Crippen LogP contribution in [0, 0.1) is 11.7 Å². The van der Waals surface area contributed by atoms with Gasteiger partial charge in [0.2, 0.25) is 0 Å². The third-order valence-electron chi connectivity index (χ3n) is 5.15. The summed E-state index contributed by atoms with van der Waals surface area (Å²) in [5.41, 5.74) is 2.87. The maximum atomic E-state index is 13.2. The van der Waals surface area contributed by atoms with Gasteiger partial charge < -0.3 is 4.90 Å². The molecule has 2 aromatic rings. The summed E-state index contributed by atoms with van der Waals surface area (Å²) in [6.45, 7) is 6.97. The average molecular weight is 424 g/mol. The fourth-order valence-electron chi connectivity index (χ4n) is 3.65. The van der Waals surface area contributed by atoms with Gasteiger partial charge in [0.05, 0.1) is 10.6 Å². The first-order valence-electron chi connectivity index (χ1n) is 10.4. The number of carbonyl (C=O) groups is 1. The van der Waals surface area contributed by atoms with Crippen molar-refractivity contribution in [3.8, 4) is 0 Å². The maximum absolute atomic E-state index is 13.2. The van der Waals surface area contributed by atoms with E-state index in [1.54, 1.807) is 17.0 Å². The Morgan fingerprint density at radius 3 is 2.37 bits per heavy atom. The lowest BCUT2D eigenvalue weighted by atomic mass is 10.1. The quantitative estimate of drug-likeness (QED) is 0.580. The number of carbonyl (C=O) groups excluding carboxylic acids is 1. The molecular weight excluding hydrogens is 397 g/mol. The van der Waals surface area contributed by atoms with Crippen LogP contribution in [0.25, 0.3) is 6.08 Å². The highest BCUT2D eigenvalue weighted by molar-refractivity contribution is 8.18. The molecule has 2 aliphatic heterocycles. The van der Waals surface area contributed by atoms with E-state index in [0.717, 1.165) is 18.7 Å². The normalized spacial score (nSPS) is 19.7. The lowest BCUT2D eigenvalue weighted by Gasteiger charge is -2.18. The number of nitrogens with zero attached hydrogens (tertiary/aromatic N) is 3. The molecule has 0 N–H and O–H groups in total. The van der Waals surface area contributed by atoms with Crippen LogP contribution in [-0.4, -0.2) is 35.6 Å². The summed E-state index contributed by atoms with van der Waals surface area (Å²) in [6, 6.07) is 14.4. The molecule has 2 aliphatic rings. The number of halogens is 1. The van der Waals surface area contributed by atoms with Gasteiger partial charge in [-0.15, -0.1) is 0 Å². The van der Waals surface area contributed by atoms with Crippen molar-refractivity contribution in [2.75, 3.05) is 24.5 Å². The topological polar surface area (TPSA) is 35.9 Å². The van der Waals surface area contributed by atoms with Crippen LogP contribution in [0.15, 0.2) is 58.4 Å². The zero-order valence-electron chi connectivity index (χ0n) is 17.3. The first kappa shape index (κ1) is 20.7. The Morgan fingerprint density at radius 1 is 1.07 bits per heavy atom. The number of hydrogen-bond donors (Lipinski definition) is 0. The van der Waals surface area contributed by atoms with Gasteiger partial charge in [-0.1, -0.05) is 26.0 Å². The van der Waals surface area contributed by atoms with E-state index in [1.165, 1.54) is 42.4 Å². The third kappa shape index (κ3) is 4.75. The van der Waals surface area contributed by atoms with Crippen molar-refractivity contribution in [1.82, 2.24) is 4.90 Å². The standard InChI is InChI=1S/C24H26FN3OS/c1-17(2)16-28-23(29)22(30-24(28)26-20-9-7-19(25)8-10-20)15-18-5-11-21(12-6-18)27-13-3-4-14-27/h5-12,15,17H,3-4,13-14,16H2,1-2H3/b22-15+,26-24?. The van der Waals surface area contributed by atoms with Gasteiger partial charge in [0.1, 0.15) is 5.82 Å². The van der Waals surface area contributed by atoms with Gasteiger partial charge in [-0.25, -0.2) is 9.38 Å². The first-order valence-corrected chi connectivity index (χ1v) is 11.2. The van der Waals surface area contributed by atoms with Crippen LogP contribution in [0.5, 0.6) is 0 Å². The SMILES string of the molecule is CC(C)CN1C(=O)/C(=C\c2ccc(N3CCCC3)cc2)SC1=Nc1ccc(F)cc1. The van der Waals surface area contributed by atoms with Crippen molar-refractivity contribution in [3.05, 3.63) is 64.8 Å². The predicted octanol–water partition coefficient (Wildman–Crippen LogP) is 5.69. The van der Waals surface area contributed by atoms with E-state index in [1.807, 2.05) is 6.08 Å². The van der Waals surface area contributed by atoms with Crippen LogP contribution < -0.4 is 4.90 Å². The number of hydrogen-bond acceptors (Lipinski definition) is 4. The Kier molecular flexibility index (Phi) is 6.23. The van der Waals surface area contributed by atoms with Crippen LogP contribution in [0.1, 0.15) is 32.3 Å². The van der Waals surface area contributed by atoms with Gasteiger partial charge in [-0.05, 0) is 78.6 Å². The number of anilines is 1. The van der Waals surface area contributed by atoms with Crippen molar-refractivity contribution in [2.24, 2.45) is 10.9 Å². The minimum Gasteiger partial charge on any atom is -0.372 e. The fourth-order valence-corrected chi connectivity index (χ4v) is 4.66. The average Bonchev–Trinajstić information content (AvgIpc) is 3.35. The molecule has 2 saturated heterocycles. The largest absolute Gasteiger partial charge is 0.372 e. The zero-order valence-corrected chi connectivity index (χ0v) is 18.2. The van der Waals surface area contributed by atoms with Crippen molar-refractivity contribution in [2.45, 2.75) is 26.7 Å². The molecule has 0 aliphatic carbocycles. The molecule has 0 radical (unpaired) electrons. The summed E-state index contributed by atoms with van der Waals surface area (Å²) in [6.07, 6.45) is 4.43. The van der Waals surface area contributed by atoms with Crippen LogP contribution in [0.3, 0.4) is 0 Å². The third-order valence-corrected chi connectivity index (χ3v) is 6.16. The van der Waals surface area contributed by atoms with Crippen LogP contribution in [0.4, 0.5) is 15.8 Å². The Bertz CT molecular complexity index is 961. The number of aliphatic imine (C=N–C) groups is 1. The fraction of sp³-hybridized carbons (Fsp3) is 0.333. The minimum atomic E-state index is -0.300. The second-order valence-corrected chi connectivity index (χ2v) is 9.09. The molecule has 6 heteroatoms. The number of benzene rings is 2. The molecule has 0 bridgehead atoms. The molecule has 30 heavy (non-hydrogen) atoms. The Morgan fingerprint density at radius 2 is 1.73 bits per heavy atom. The second-order valence-electron chi connectivity index (χ2n) is 8.08. The number of amides is 1. The molecule has 2 fully saturated rings. The molecule has 156 valence electrons. The number of amidine groups is 1. The Hall–Kier alpha value is -2.60. The van der Waals surface area contributed by atoms with E-state index in [9.17, 15) is 9.18 Å². The highest BCUT2D eigenvalue weighted by Gasteiger charge is 2.33. The van der Waals surface area contributed by atoms with Crippen LogP contribution >= 0.6 is 11.8 Å². The molecular formula is C24H26FN3OS. The van der Waals surface area contributed by atoms with Crippen LogP contribution in [0.2, 0.25) is 0 Å². The summed E-state index contributed by atoms with van der Waals surface area (Å²) in [4.78, 5) is 22.5. The lowest BCUT2D eigenvalue weighted by molar-refractivity contribution is -0.122. The second kappa shape index (κ2) is 9.04. The van der Waals surface area contributed by atoms with E-state index >= 15 is 0 Å². The molecule has 4 rings (SSSR count). The summed E-state index contributed by atoms with van der Waals surface area (Å²) in [7, 11) is 0. The maximum Gasteiger partial charge on any atom is 0.266 e. The van der Waals surface area contributed by atoms with Gasteiger partial charge in [-0.3, -0.25) is 9.69 Å². The summed E-state index contributed by atoms with van der Waals surface area (Å²) >= 11 is 1.38. The number of thioether (sulfide) groups is 1. The van der Waals surface area contributed by atoms with Crippen molar-refractivity contribution < 1.29 is 9.18 Å². The van der Waals surface area contributed by atoms with Crippen molar-refractivity contribution in [3.63, 3.8) is 0 Å². The highest BCUT2D eigenvalue weighted by Crippen LogP contribution is 2.35. The van der Waals surface area contributed by atoms with Gasteiger partial charge in [0, 0.05) is 25.3 Å². The molecule has 0 aromatic heterocycles. The summed E-state index contributed by atoms with van der Waals surface area (Å²) in [5.74, 6) is -0.0173. The van der Waals surface area contributed by atoms with Gasteiger partial charge in [0.15, 0.2) is 5.17 Å². The van der Waals surface area contributed by atoms with E-state index in [0.29, 0.717) is 28.2 Å². The van der Waals surface area contributed by atoms with Gasteiger partial charge in [-0.2, -0.15) is 0 Å². The molecule has 0 unspecified atom stereocenters. The van der Waals surface area contributed by atoms with E-state index in [4.69, 9.17) is 0 Å². The molecule has 0 atom stereocenters. The van der Waals surface area contributed by atoms with Crippen molar-refractivity contribution >= 4 is 40.3 Å². The molecule has 2 aromatic carbocycles. The zero-order chi connectivity index (χ0) is 21.1.